The molecule has 0 aromatic heterocycles. The zero-order valence-corrected chi connectivity index (χ0v) is 18.0. The van der Waals surface area contributed by atoms with Crippen LogP contribution in [0.1, 0.15) is 59.8 Å². The number of nitrogens with one attached hydrogen (secondary N) is 1. The topological polar surface area (TPSA) is 61.8 Å². The van der Waals surface area contributed by atoms with Crippen LogP contribution in [0.2, 0.25) is 0 Å². The van der Waals surface area contributed by atoms with E-state index in [9.17, 15) is 8.42 Å². The van der Waals surface area contributed by atoms with Gasteiger partial charge in [0.05, 0.1) is 5.75 Å². The average Bonchev–Trinajstić information content (AvgIpc) is 2.51. The molecule has 0 radical (unpaired) electrons. The normalized spacial score (nSPS) is 22.7. The minimum absolute atomic E-state index is 0.120. The highest BCUT2D eigenvalue weighted by molar-refractivity contribution is 7.90. The molecule has 148 valence electrons. The summed E-state index contributed by atoms with van der Waals surface area (Å²) in [6.07, 6.45) is 7.24. The van der Waals surface area contributed by atoms with E-state index in [0.717, 1.165) is 30.9 Å². The van der Waals surface area contributed by atoms with Crippen LogP contribution in [-0.4, -0.2) is 58.0 Å². The lowest BCUT2D eigenvalue weighted by molar-refractivity contribution is 0.249. The van der Waals surface area contributed by atoms with Crippen LogP contribution in [-0.2, 0) is 9.84 Å². The second-order valence-corrected chi connectivity index (χ2v) is 11.0. The average molecular weight is 374 g/mol. The summed E-state index contributed by atoms with van der Waals surface area (Å²) in [4.78, 5) is 7.05. The van der Waals surface area contributed by atoms with Crippen molar-refractivity contribution in [3.8, 4) is 0 Å². The van der Waals surface area contributed by atoms with E-state index in [2.05, 4.69) is 45.0 Å². The molecule has 1 aliphatic rings. The molecule has 0 saturated heterocycles. The smallest absolute Gasteiger partial charge is 0.193 e. The lowest BCUT2D eigenvalue weighted by Crippen LogP contribution is -2.42. The largest absolute Gasteiger partial charge is 0.357 e. The summed E-state index contributed by atoms with van der Waals surface area (Å²) in [5.41, 5.74) is -0.120. The highest BCUT2D eigenvalue weighted by atomic mass is 32.2. The Bertz CT molecular complexity index is 521. The van der Waals surface area contributed by atoms with Crippen LogP contribution < -0.4 is 5.32 Å². The molecule has 25 heavy (non-hydrogen) atoms. The van der Waals surface area contributed by atoms with Crippen molar-refractivity contribution >= 4 is 15.8 Å². The van der Waals surface area contributed by atoms with Gasteiger partial charge in [0.2, 0.25) is 0 Å². The van der Waals surface area contributed by atoms with Crippen molar-refractivity contribution in [1.82, 2.24) is 10.2 Å². The molecule has 0 aromatic rings. The van der Waals surface area contributed by atoms with Gasteiger partial charge in [-0.1, -0.05) is 33.6 Å². The third kappa shape index (κ3) is 9.47. The molecule has 1 rings (SSSR count). The number of guanidine groups is 1. The first-order valence-electron chi connectivity index (χ1n) is 9.69. The van der Waals surface area contributed by atoms with E-state index < -0.39 is 9.84 Å². The van der Waals surface area contributed by atoms with Crippen molar-refractivity contribution in [3.05, 3.63) is 0 Å². The summed E-state index contributed by atoms with van der Waals surface area (Å²) in [6, 6.07) is 0. The summed E-state index contributed by atoms with van der Waals surface area (Å²) < 4.78 is 22.8. The Morgan fingerprint density at radius 1 is 1.24 bits per heavy atom. The minimum Gasteiger partial charge on any atom is -0.357 e. The van der Waals surface area contributed by atoms with E-state index in [1.165, 1.54) is 31.9 Å². The van der Waals surface area contributed by atoms with Crippen LogP contribution in [0.25, 0.3) is 0 Å². The summed E-state index contributed by atoms with van der Waals surface area (Å²) in [5.74, 6) is 2.79. The molecule has 1 aliphatic carbocycles. The fraction of sp³-hybridized carbons (Fsp3) is 0.947. The Morgan fingerprint density at radius 2 is 1.84 bits per heavy atom. The monoisotopic (exact) mass is 373 g/mol. The molecular weight excluding hydrogens is 334 g/mol. The fourth-order valence-electron chi connectivity index (χ4n) is 3.28. The van der Waals surface area contributed by atoms with Gasteiger partial charge in [-0.3, -0.25) is 4.99 Å². The van der Waals surface area contributed by atoms with Gasteiger partial charge in [-0.2, -0.15) is 0 Å². The molecule has 5 nitrogen and oxygen atoms in total. The summed E-state index contributed by atoms with van der Waals surface area (Å²) in [6.45, 7) is 11.1. The maximum absolute atomic E-state index is 11.4. The van der Waals surface area contributed by atoms with Crippen molar-refractivity contribution < 1.29 is 8.42 Å². The predicted molar refractivity (Wildman–Crippen MR) is 108 cm³/mol. The zero-order chi connectivity index (χ0) is 19.1. The third-order valence-electron chi connectivity index (χ3n) is 5.17. The Kier molecular flexibility index (Phi) is 8.72. The first-order chi connectivity index (χ1) is 11.5. The van der Waals surface area contributed by atoms with Gasteiger partial charge >= 0.3 is 0 Å². The van der Waals surface area contributed by atoms with E-state index in [4.69, 9.17) is 4.99 Å². The van der Waals surface area contributed by atoms with Crippen LogP contribution in [0.3, 0.4) is 0 Å². The first-order valence-corrected chi connectivity index (χ1v) is 11.8. The van der Waals surface area contributed by atoms with E-state index in [-0.39, 0.29) is 11.2 Å². The predicted octanol–water partition coefficient (Wildman–Crippen LogP) is 3.17. The molecule has 0 aliphatic heterocycles. The zero-order valence-electron chi connectivity index (χ0n) is 17.1. The molecule has 0 atom stereocenters. The van der Waals surface area contributed by atoms with Gasteiger partial charge in [0, 0.05) is 32.9 Å². The number of sulfone groups is 1. The maximum Gasteiger partial charge on any atom is 0.193 e. The van der Waals surface area contributed by atoms with E-state index >= 15 is 0 Å². The van der Waals surface area contributed by atoms with Gasteiger partial charge in [0.25, 0.3) is 0 Å². The molecule has 0 bridgehead atoms. The fourth-order valence-corrected chi connectivity index (χ4v) is 4.21. The summed E-state index contributed by atoms with van der Waals surface area (Å²) >= 11 is 0. The van der Waals surface area contributed by atoms with E-state index in [0.29, 0.717) is 13.0 Å². The molecule has 6 heteroatoms. The first kappa shape index (κ1) is 22.3. The molecule has 0 unspecified atom stereocenters. The highest BCUT2D eigenvalue weighted by Crippen LogP contribution is 2.28. The summed E-state index contributed by atoms with van der Waals surface area (Å²) in [7, 11) is -0.807. The number of hydrogen-bond donors (Lipinski definition) is 1. The number of rotatable bonds is 8. The van der Waals surface area contributed by atoms with Crippen molar-refractivity contribution in [2.45, 2.75) is 59.8 Å². The van der Waals surface area contributed by atoms with Gasteiger partial charge in [-0.05, 0) is 43.4 Å². The van der Waals surface area contributed by atoms with Crippen LogP contribution in [0.15, 0.2) is 4.99 Å². The Balaban J connectivity index is 2.62. The number of hydrogen-bond acceptors (Lipinski definition) is 3. The molecule has 0 amide bonds. The minimum atomic E-state index is -2.92. The van der Waals surface area contributed by atoms with Crippen LogP contribution in [0, 0.1) is 17.3 Å². The van der Waals surface area contributed by atoms with Gasteiger partial charge < -0.3 is 10.2 Å². The standard InChI is InChI=1S/C19H39N3O2S/c1-7-20-18(21-15-19(3,4)12-13-25(6,23)24)22(5)14-17-10-8-16(2)9-11-17/h16-17H,7-15H2,1-6H3,(H,20,21). The van der Waals surface area contributed by atoms with Crippen molar-refractivity contribution in [2.75, 3.05) is 38.7 Å². The SMILES string of the molecule is CCNC(=NCC(C)(C)CCS(C)(=O)=O)N(C)CC1CCC(C)CC1. The second kappa shape index (κ2) is 9.79. The molecular formula is C19H39N3O2S. The van der Waals surface area contributed by atoms with E-state index in [1.807, 2.05) is 0 Å². The molecule has 1 fully saturated rings. The van der Waals surface area contributed by atoms with Gasteiger partial charge in [-0.15, -0.1) is 0 Å². The highest BCUT2D eigenvalue weighted by Gasteiger charge is 2.23. The van der Waals surface area contributed by atoms with E-state index in [1.54, 1.807) is 0 Å². The van der Waals surface area contributed by atoms with Crippen LogP contribution >= 0.6 is 0 Å². The quantitative estimate of drug-likeness (QED) is 0.524. The van der Waals surface area contributed by atoms with Crippen molar-refractivity contribution in [1.29, 1.82) is 0 Å². The summed E-state index contributed by atoms with van der Waals surface area (Å²) in [5, 5.41) is 3.38. The Labute approximate surface area is 155 Å². The molecule has 0 heterocycles. The third-order valence-corrected chi connectivity index (χ3v) is 6.12. The molecule has 0 spiro atoms. The second-order valence-electron chi connectivity index (χ2n) is 8.72. The Morgan fingerprint density at radius 3 is 2.36 bits per heavy atom. The van der Waals surface area contributed by atoms with Gasteiger partial charge in [0.15, 0.2) is 5.96 Å². The Hall–Kier alpha value is -0.780. The molecule has 1 N–H and O–H groups in total. The molecule has 0 aromatic carbocycles. The lowest BCUT2D eigenvalue weighted by Gasteiger charge is -2.32. The van der Waals surface area contributed by atoms with Crippen molar-refractivity contribution in [2.24, 2.45) is 22.2 Å². The van der Waals surface area contributed by atoms with Gasteiger partial charge in [-0.25, -0.2) is 8.42 Å². The lowest BCUT2D eigenvalue weighted by atomic mass is 9.83. The number of nitrogens with zero attached hydrogens (tertiary/aromatic N) is 2. The van der Waals surface area contributed by atoms with Crippen LogP contribution in [0.4, 0.5) is 0 Å². The maximum atomic E-state index is 11.4. The van der Waals surface area contributed by atoms with Crippen LogP contribution in [0.5, 0.6) is 0 Å². The number of aliphatic imine (C=N–C) groups is 1. The van der Waals surface area contributed by atoms with Gasteiger partial charge in [0.1, 0.15) is 9.84 Å². The van der Waals surface area contributed by atoms with Crippen molar-refractivity contribution in [3.63, 3.8) is 0 Å². The molecule has 1 saturated carbocycles.